The molecule has 0 aliphatic heterocycles. The molecule has 0 amide bonds. The number of benzene rings is 1. The molecule has 1 aromatic heterocycles. The van der Waals surface area contributed by atoms with E-state index in [-0.39, 0.29) is 5.95 Å². The van der Waals surface area contributed by atoms with Crippen LogP contribution in [0.4, 0.5) is 19.1 Å². The van der Waals surface area contributed by atoms with Crippen LogP contribution in [0.5, 0.6) is 0 Å². The van der Waals surface area contributed by atoms with Crippen LogP contribution in [-0.2, 0) is 6.18 Å². The van der Waals surface area contributed by atoms with Crippen molar-refractivity contribution in [3.63, 3.8) is 0 Å². The number of rotatable bonds is 2. The highest BCUT2D eigenvalue weighted by Crippen LogP contribution is 2.26. The van der Waals surface area contributed by atoms with E-state index >= 15 is 0 Å². The second kappa shape index (κ2) is 4.77. The number of nitrogens with one attached hydrogen (secondary N) is 1. The van der Waals surface area contributed by atoms with E-state index in [1.54, 1.807) is 29.4 Å². The highest BCUT2D eigenvalue weighted by molar-refractivity contribution is 6.30. The van der Waals surface area contributed by atoms with Crippen LogP contribution in [0, 0.1) is 0 Å². The Bertz CT molecular complexity index is 559. The van der Waals surface area contributed by atoms with Crippen molar-refractivity contribution in [1.29, 1.82) is 0 Å². The van der Waals surface area contributed by atoms with E-state index in [4.69, 9.17) is 11.6 Å². The van der Waals surface area contributed by atoms with Gasteiger partial charge in [-0.05, 0) is 17.7 Å². The van der Waals surface area contributed by atoms with Crippen LogP contribution >= 0.6 is 11.6 Å². The largest absolute Gasteiger partial charge is 0.451 e. The molecule has 0 aliphatic rings. The molecule has 8 heteroatoms. The third kappa shape index (κ3) is 3.07. The fourth-order valence-corrected chi connectivity index (χ4v) is 1.24. The van der Waals surface area contributed by atoms with Crippen molar-refractivity contribution in [2.45, 2.75) is 6.18 Å². The van der Waals surface area contributed by atoms with Crippen LogP contribution in [0.2, 0.25) is 5.02 Å². The fraction of sp³-hybridized carbons (Fsp3) is 0.100. The van der Waals surface area contributed by atoms with Crippen LogP contribution in [-0.4, -0.2) is 21.4 Å². The Balaban J connectivity index is 2.14. The number of nitrogens with zero attached hydrogens (tertiary/aromatic N) is 3. The van der Waals surface area contributed by atoms with E-state index in [1.807, 2.05) is 0 Å². The van der Waals surface area contributed by atoms with Gasteiger partial charge < -0.3 is 0 Å². The van der Waals surface area contributed by atoms with Crippen molar-refractivity contribution in [3.8, 4) is 0 Å². The zero-order chi connectivity index (χ0) is 13.2. The molecule has 0 bridgehead atoms. The first-order valence-corrected chi connectivity index (χ1v) is 5.12. The summed E-state index contributed by atoms with van der Waals surface area (Å²) in [6, 6.07) is 6.62. The smallest absolute Gasteiger partial charge is 0.253 e. The van der Waals surface area contributed by atoms with E-state index in [1.165, 1.54) is 6.21 Å². The summed E-state index contributed by atoms with van der Waals surface area (Å²) in [6.45, 7) is 0. The van der Waals surface area contributed by atoms with Crippen LogP contribution in [0.3, 0.4) is 0 Å². The van der Waals surface area contributed by atoms with E-state index in [0.29, 0.717) is 10.6 Å². The Morgan fingerprint density at radius 1 is 1.22 bits per heavy atom. The summed E-state index contributed by atoms with van der Waals surface area (Å²) >= 11 is 5.68. The van der Waals surface area contributed by atoms with E-state index < -0.39 is 12.0 Å². The predicted octanol–water partition coefficient (Wildman–Crippen LogP) is 3.23. The van der Waals surface area contributed by atoms with Crippen LogP contribution in [0.1, 0.15) is 11.4 Å². The van der Waals surface area contributed by atoms with Gasteiger partial charge in [0.2, 0.25) is 5.82 Å². The Hall–Kier alpha value is -1.89. The summed E-state index contributed by atoms with van der Waals surface area (Å²) in [5.74, 6) is -1.46. The molecular weight excluding hydrogens is 269 g/mol. The Labute approximate surface area is 105 Å². The van der Waals surface area contributed by atoms with Crippen LogP contribution in [0.25, 0.3) is 0 Å². The fourth-order valence-electron chi connectivity index (χ4n) is 1.12. The third-order valence-corrected chi connectivity index (χ3v) is 2.19. The standard InChI is InChI=1S/C10H6ClF3N4/c11-7-3-1-6(2-4-7)5-15-9-16-8(17-18-9)10(12,13)14/h1-5H,(H,16,17,18). The van der Waals surface area contributed by atoms with Crippen molar-refractivity contribution < 1.29 is 13.2 Å². The molecule has 0 fully saturated rings. The summed E-state index contributed by atoms with van der Waals surface area (Å²) in [6.07, 6.45) is -3.21. The molecule has 0 atom stereocenters. The van der Waals surface area contributed by atoms with Crippen LogP contribution < -0.4 is 0 Å². The van der Waals surface area contributed by atoms with Gasteiger partial charge in [-0.1, -0.05) is 23.7 Å². The van der Waals surface area contributed by atoms with Gasteiger partial charge in [0.05, 0.1) is 0 Å². The Kier molecular flexibility index (Phi) is 3.33. The minimum absolute atomic E-state index is 0.280. The summed E-state index contributed by atoms with van der Waals surface area (Å²) in [5, 5.41) is 5.66. The molecule has 0 unspecified atom stereocenters. The maximum absolute atomic E-state index is 12.2. The minimum atomic E-state index is -4.55. The molecule has 0 radical (unpaired) electrons. The summed E-state index contributed by atoms with van der Waals surface area (Å²) < 4.78 is 36.6. The molecule has 0 saturated carbocycles. The lowest BCUT2D eigenvalue weighted by molar-refractivity contribution is -0.144. The second-order valence-corrected chi connectivity index (χ2v) is 3.73. The maximum atomic E-state index is 12.2. The van der Waals surface area contributed by atoms with Gasteiger partial charge in [-0.3, -0.25) is 5.10 Å². The molecule has 0 aliphatic carbocycles. The van der Waals surface area contributed by atoms with Crippen molar-refractivity contribution >= 4 is 23.8 Å². The van der Waals surface area contributed by atoms with Crippen molar-refractivity contribution in [1.82, 2.24) is 15.2 Å². The van der Waals surface area contributed by atoms with Gasteiger partial charge in [-0.15, -0.1) is 5.10 Å². The van der Waals surface area contributed by atoms with Gasteiger partial charge >= 0.3 is 6.18 Å². The number of halogens is 4. The molecule has 0 spiro atoms. The monoisotopic (exact) mass is 274 g/mol. The lowest BCUT2D eigenvalue weighted by Gasteiger charge is -1.97. The molecule has 4 nitrogen and oxygen atoms in total. The van der Waals surface area contributed by atoms with Crippen molar-refractivity contribution in [3.05, 3.63) is 40.7 Å². The molecule has 1 N–H and O–H groups in total. The lowest BCUT2D eigenvalue weighted by atomic mass is 10.2. The number of H-pyrrole nitrogens is 1. The number of hydrogen-bond acceptors (Lipinski definition) is 3. The Morgan fingerprint density at radius 3 is 2.44 bits per heavy atom. The average molecular weight is 275 g/mol. The van der Waals surface area contributed by atoms with E-state index in [2.05, 4.69) is 15.1 Å². The summed E-state index contributed by atoms with van der Waals surface area (Å²) in [5.41, 5.74) is 0.678. The van der Waals surface area contributed by atoms with Crippen molar-refractivity contribution in [2.24, 2.45) is 4.99 Å². The minimum Gasteiger partial charge on any atom is -0.253 e. The first-order valence-electron chi connectivity index (χ1n) is 4.74. The quantitative estimate of drug-likeness (QED) is 0.855. The second-order valence-electron chi connectivity index (χ2n) is 3.29. The highest BCUT2D eigenvalue weighted by Gasteiger charge is 2.35. The van der Waals surface area contributed by atoms with Gasteiger partial charge in [-0.2, -0.15) is 18.2 Å². The molecule has 18 heavy (non-hydrogen) atoms. The zero-order valence-corrected chi connectivity index (χ0v) is 9.50. The predicted molar refractivity (Wildman–Crippen MR) is 60.1 cm³/mol. The van der Waals surface area contributed by atoms with E-state index in [9.17, 15) is 13.2 Å². The summed E-state index contributed by atoms with van der Waals surface area (Å²) in [7, 11) is 0. The molecule has 0 saturated heterocycles. The van der Waals surface area contributed by atoms with Gasteiger partial charge in [0.1, 0.15) is 0 Å². The topological polar surface area (TPSA) is 53.9 Å². The number of hydrogen-bond donors (Lipinski definition) is 1. The van der Waals surface area contributed by atoms with Gasteiger partial charge in [0.25, 0.3) is 5.95 Å². The normalized spacial score (nSPS) is 12.2. The first kappa shape index (κ1) is 12.6. The van der Waals surface area contributed by atoms with Gasteiger partial charge in [0.15, 0.2) is 0 Å². The molecule has 1 heterocycles. The average Bonchev–Trinajstić information content (AvgIpc) is 2.77. The number of alkyl halides is 3. The number of aliphatic imine (C=N–C) groups is 1. The molecule has 94 valence electrons. The Morgan fingerprint density at radius 2 is 1.89 bits per heavy atom. The molecule has 1 aromatic carbocycles. The highest BCUT2D eigenvalue weighted by atomic mass is 35.5. The zero-order valence-electron chi connectivity index (χ0n) is 8.74. The first-order chi connectivity index (χ1) is 8.45. The van der Waals surface area contributed by atoms with E-state index in [0.717, 1.165) is 0 Å². The maximum Gasteiger partial charge on any atom is 0.451 e. The molecule has 2 rings (SSSR count). The molecule has 2 aromatic rings. The van der Waals surface area contributed by atoms with Gasteiger partial charge in [0, 0.05) is 11.2 Å². The molecular formula is C10H6ClF3N4. The lowest BCUT2D eigenvalue weighted by Crippen LogP contribution is -2.07. The third-order valence-electron chi connectivity index (χ3n) is 1.94. The SMILES string of the molecule is FC(F)(F)c1nc(N=Cc2ccc(Cl)cc2)n[nH]1. The number of aromatic nitrogens is 3. The van der Waals surface area contributed by atoms with Crippen LogP contribution in [0.15, 0.2) is 29.3 Å². The summed E-state index contributed by atoms with van der Waals surface area (Å²) in [4.78, 5) is 6.92. The number of aromatic amines is 1. The van der Waals surface area contributed by atoms with Gasteiger partial charge in [-0.25, -0.2) is 4.99 Å². The van der Waals surface area contributed by atoms with Crippen molar-refractivity contribution in [2.75, 3.05) is 0 Å².